The number of carbonyl (C=O) groups excluding carboxylic acids is 1. The predicted octanol–water partition coefficient (Wildman–Crippen LogP) is 2.57. The highest BCUT2D eigenvalue weighted by molar-refractivity contribution is 7.16. The lowest BCUT2D eigenvalue weighted by Crippen LogP contribution is -2.38. The number of nitrogens with one attached hydrogen (secondary N) is 3. The number of halogens is 1. The first-order chi connectivity index (χ1) is 17.9. The lowest BCUT2D eigenvalue weighted by Gasteiger charge is -2.22. The van der Waals surface area contributed by atoms with Crippen LogP contribution in [0.3, 0.4) is 0 Å². The van der Waals surface area contributed by atoms with Crippen LogP contribution in [0.4, 0.5) is 5.69 Å². The smallest absolute Gasteiger partial charge is 0.255 e. The van der Waals surface area contributed by atoms with Gasteiger partial charge in [0.15, 0.2) is 12.6 Å². The lowest BCUT2D eigenvalue weighted by molar-refractivity contribution is -0.109. The van der Waals surface area contributed by atoms with Crippen molar-refractivity contribution in [2.24, 2.45) is 4.99 Å². The Morgan fingerprint density at radius 3 is 2.78 bits per heavy atom. The first kappa shape index (κ1) is 26.2. The first-order valence-corrected chi connectivity index (χ1v) is 12.4. The number of ether oxygens (including phenoxy) is 1. The summed E-state index contributed by atoms with van der Waals surface area (Å²) < 4.78 is 8.47. The number of amides is 1. The van der Waals surface area contributed by atoms with Gasteiger partial charge in [-0.05, 0) is 37.3 Å². The summed E-state index contributed by atoms with van der Waals surface area (Å²) in [5, 5.41) is 5.91. The highest BCUT2D eigenvalue weighted by Crippen LogP contribution is 2.31. The Balaban J connectivity index is 0.000000396. The Morgan fingerprint density at radius 2 is 2.14 bits per heavy atom. The largest absolute Gasteiger partial charge is 0.487 e. The average Bonchev–Trinajstić information content (AvgIpc) is 3.63. The number of aromatic nitrogens is 1. The van der Waals surface area contributed by atoms with Crippen LogP contribution in [0.5, 0.6) is 5.75 Å². The van der Waals surface area contributed by atoms with Crippen molar-refractivity contribution < 1.29 is 14.4 Å². The number of carbonyl (C=O) groups is 1. The van der Waals surface area contributed by atoms with Crippen LogP contribution in [0.25, 0.3) is 5.69 Å². The molecule has 0 aliphatic carbocycles. The number of aryl methyl sites for hydroxylation is 1. The SMILES string of the molecule is CN1OC=NC1COc1cc(-n2ccccc2=O)ccc1N1C=C(CNC=O)NN1.Cc1ccc(Cl)s1. The van der Waals surface area contributed by atoms with Gasteiger partial charge in [-0.25, -0.2) is 4.99 Å². The maximum atomic E-state index is 12.2. The number of hydrogen-bond acceptors (Lipinski definition) is 10. The average molecular weight is 544 g/mol. The molecular formula is C24H26ClN7O4S. The van der Waals surface area contributed by atoms with Crippen LogP contribution in [0.15, 0.2) is 76.4 Å². The molecule has 3 aromatic rings. The molecule has 2 aromatic heterocycles. The molecule has 0 saturated carbocycles. The van der Waals surface area contributed by atoms with Crippen molar-refractivity contribution in [2.45, 2.75) is 13.1 Å². The fourth-order valence-corrected chi connectivity index (χ4v) is 4.39. The number of thiophene rings is 1. The van der Waals surface area contributed by atoms with E-state index >= 15 is 0 Å². The van der Waals surface area contributed by atoms with Crippen molar-refractivity contribution >= 4 is 41.4 Å². The molecule has 2 aliphatic rings. The second-order valence-electron chi connectivity index (χ2n) is 7.87. The van der Waals surface area contributed by atoms with Crippen molar-refractivity contribution in [1.82, 2.24) is 25.9 Å². The van der Waals surface area contributed by atoms with E-state index in [1.807, 2.05) is 31.2 Å². The minimum absolute atomic E-state index is 0.146. The van der Waals surface area contributed by atoms with Gasteiger partial charge in [-0.1, -0.05) is 17.7 Å². The molecule has 1 aromatic carbocycles. The van der Waals surface area contributed by atoms with Gasteiger partial charge in [-0.3, -0.25) is 19.2 Å². The molecule has 2 aliphatic heterocycles. The molecule has 3 N–H and O–H groups in total. The zero-order chi connectivity index (χ0) is 26.2. The molecule has 13 heteroatoms. The Morgan fingerprint density at radius 1 is 1.27 bits per heavy atom. The molecule has 4 heterocycles. The van der Waals surface area contributed by atoms with Crippen molar-refractivity contribution in [1.29, 1.82) is 0 Å². The fraction of sp³-hybridized carbons (Fsp3) is 0.208. The summed E-state index contributed by atoms with van der Waals surface area (Å²) in [5.74, 6) is 0.536. The number of hydroxylamine groups is 2. The Kier molecular flexibility index (Phi) is 8.80. The zero-order valence-electron chi connectivity index (χ0n) is 20.1. The van der Waals surface area contributed by atoms with E-state index in [9.17, 15) is 9.59 Å². The van der Waals surface area contributed by atoms with E-state index in [-0.39, 0.29) is 18.3 Å². The van der Waals surface area contributed by atoms with Crippen LogP contribution in [0.1, 0.15) is 4.88 Å². The summed E-state index contributed by atoms with van der Waals surface area (Å²) in [7, 11) is 1.77. The molecule has 1 amide bonds. The summed E-state index contributed by atoms with van der Waals surface area (Å²) in [6.07, 6.45) is 5.22. The van der Waals surface area contributed by atoms with E-state index in [0.717, 1.165) is 10.0 Å². The summed E-state index contributed by atoms with van der Waals surface area (Å²) in [4.78, 5) is 33.4. The number of likely N-dealkylation sites (N-methyl/N-ethyl adjacent to an activating group) is 1. The second-order valence-corrected chi connectivity index (χ2v) is 9.79. The van der Waals surface area contributed by atoms with Crippen LogP contribution in [0.2, 0.25) is 4.34 Å². The second kappa shape index (κ2) is 12.4. The number of anilines is 1. The number of benzene rings is 1. The van der Waals surface area contributed by atoms with Gasteiger partial charge < -0.3 is 20.3 Å². The number of nitrogens with zero attached hydrogens (tertiary/aromatic N) is 4. The van der Waals surface area contributed by atoms with E-state index in [2.05, 4.69) is 21.3 Å². The molecule has 0 saturated heterocycles. The van der Waals surface area contributed by atoms with Gasteiger partial charge in [0.1, 0.15) is 18.0 Å². The maximum absolute atomic E-state index is 12.2. The molecule has 0 spiro atoms. The van der Waals surface area contributed by atoms with E-state index in [1.165, 1.54) is 21.9 Å². The quantitative estimate of drug-likeness (QED) is 0.372. The molecule has 0 radical (unpaired) electrons. The van der Waals surface area contributed by atoms with Crippen LogP contribution < -0.4 is 31.6 Å². The molecule has 37 heavy (non-hydrogen) atoms. The van der Waals surface area contributed by atoms with Gasteiger partial charge in [0, 0.05) is 36.5 Å². The first-order valence-electron chi connectivity index (χ1n) is 11.2. The van der Waals surface area contributed by atoms with Gasteiger partial charge in [0.2, 0.25) is 6.41 Å². The lowest BCUT2D eigenvalue weighted by atomic mass is 10.2. The molecule has 5 rings (SSSR count). The zero-order valence-corrected chi connectivity index (χ0v) is 21.7. The third-order valence-corrected chi connectivity index (χ3v) is 6.41. The predicted molar refractivity (Wildman–Crippen MR) is 144 cm³/mol. The van der Waals surface area contributed by atoms with Crippen molar-refractivity contribution in [3.8, 4) is 11.4 Å². The minimum Gasteiger partial charge on any atom is -0.487 e. The standard InChI is InChI=1S/C19H21N7O4.C5H5ClS/c1-24-18(21-13-30-24)11-29-17-8-15(25-7-3-2-4-19(25)28)5-6-16(17)26-10-14(22-23-26)9-20-12-27;1-4-2-3-5(6)7-4/h2-8,10,12-13,18,22-23H,9,11H2,1H3,(H,20,27);2-3H,1H3. The third-order valence-electron chi connectivity index (χ3n) is 5.26. The van der Waals surface area contributed by atoms with Gasteiger partial charge in [0.25, 0.3) is 5.56 Å². The van der Waals surface area contributed by atoms with E-state index in [4.69, 9.17) is 21.2 Å². The molecule has 1 unspecified atom stereocenters. The van der Waals surface area contributed by atoms with Gasteiger partial charge in [0.05, 0.1) is 22.3 Å². The molecule has 11 nitrogen and oxygen atoms in total. The summed E-state index contributed by atoms with van der Waals surface area (Å²) in [5.41, 5.74) is 7.98. The summed E-state index contributed by atoms with van der Waals surface area (Å²) in [6.45, 7) is 2.63. The molecule has 0 bridgehead atoms. The number of pyridine rings is 1. The Bertz CT molecular complexity index is 1330. The molecular weight excluding hydrogens is 518 g/mol. The third kappa shape index (κ3) is 6.89. The molecule has 1 atom stereocenters. The number of aliphatic imine (C=N–C) groups is 1. The minimum atomic E-state index is -0.284. The highest BCUT2D eigenvalue weighted by atomic mass is 35.5. The van der Waals surface area contributed by atoms with Crippen LogP contribution in [0, 0.1) is 6.92 Å². The normalized spacial score (nSPS) is 16.4. The number of hydrazine groups is 2. The van der Waals surface area contributed by atoms with E-state index < -0.39 is 0 Å². The topological polar surface area (TPSA) is 112 Å². The molecule has 0 fully saturated rings. The monoisotopic (exact) mass is 543 g/mol. The van der Waals surface area contributed by atoms with E-state index in [0.29, 0.717) is 30.1 Å². The van der Waals surface area contributed by atoms with Crippen LogP contribution >= 0.6 is 22.9 Å². The Hall–Kier alpha value is -3.84. The van der Waals surface area contributed by atoms with E-state index in [1.54, 1.807) is 59.1 Å². The summed E-state index contributed by atoms with van der Waals surface area (Å²) in [6, 6.07) is 14.3. The fourth-order valence-electron chi connectivity index (χ4n) is 3.38. The van der Waals surface area contributed by atoms with Crippen molar-refractivity contribution in [3.05, 3.63) is 86.2 Å². The van der Waals surface area contributed by atoms with Crippen LogP contribution in [-0.4, -0.2) is 48.8 Å². The summed E-state index contributed by atoms with van der Waals surface area (Å²) >= 11 is 7.19. The van der Waals surface area contributed by atoms with Gasteiger partial charge >= 0.3 is 0 Å². The van der Waals surface area contributed by atoms with Crippen LogP contribution in [-0.2, 0) is 9.63 Å². The Labute approximate surface area is 222 Å². The van der Waals surface area contributed by atoms with Crippen molar-refractivity contribution in [3.63, 3.8) is 0 Å². The van der Waals surface area contributed by atoms with Gasteiger partial charge in [-0.15, -0.1) is 21.9 Å². The molecule has 194 valence electrons. The maximum Gasteiger partial charge on any atom is 0.255 e. The highest BCUT2D eigenvalue weighted by Gasteiger charge is 2.22. The number of rotatable bonds is 8. The van der Waals surface area contributed by atoms with Gasteiger partial charge in [-0.2, -0.15) is 0 Å². The number of hydrogen-bond donors (Lipinski definition) is 3. The van der Waals surface area contributed by atoms with Crippen molar-refractivity contribution in [2.75, 3.05) is 25.2 Å².